The third-order valence-corrected chi connectivity index (χ3v) is 7.19. The first kappa shape index (κ1) is 20.5. The van der Waals surface area contributed by atoms with E-state index in [9.17, 15) is 18.0 Å². The molecule has 150 valence electrons. The minimum Gasteiger partial charge on any atom is -0.452 e. The predicted octanol–water partition coefficient (Wildman–Crippen LogP) is 2.35. The molecule has 0 atom stereocenters. The molecule has 1 saturated heterocycles. The van der Waals surface area contributed by atoms with E-state index in [-0.39, 0.29) is 23.0 Å². The lowest BCUT2D eigenvalue weighted by Crippen LogP contribution is -2.30. The van der Waals surface area contributed by atoms with Crippen molar-refractivity contribution in [3.05, 3.63) is 52.2 Å². The zero-order valence-corrected chi connectivity index (χ0v) is 17.2. The van der Waals surface area contributed by atoms with Gasteiger partial charge in [0, 0.05) is 26.7 Å². The van der Waals surface area contributed by atoms with E-state index in [1.54, 1.807) is 18.4 Å². The molecule has 2 heterocycles. The maximum Gasteiger partial charge on any atom is 0.338 e. The number of nitrogens with zero attached hydrogens (tertiary/aromatic N) is 2. The number of likely N-dealkylation sites (N-methyl/N-ethyl adjacent to an activating group) is 1. The predicted molar refractivity (Wildman–Crippen MR) is 106 cm³/mol. The van der Waals surface area contributed by atoms with E-state index in [0.717, 1.165) is 18.4 Å². The first-order chi connectivity index (χ1) is 13.4. The molecule has 9 heteroatoms. The van der Waals surface area contributed by atoms with Crippen molar-refractivity contribution in [1.29, 1.82) is 0 Å². The third-order valence-electron chi connectivity index (χ3n) is 4.55. The fourth-order valence-electron chi connectivity index (χ4n) is 2.91. The number of esters is 1. The Labute approximate surface area is 168 Å². The maximum atomic E-state index is 12.5. The van der Waals surface area contributed by atoms with Crippen molar-refractivity contribution in [2.45, 2.75) is 24.3 Å². The summed E-state index contributed by atoms with van der Waals surface area (Å²) in [6.45, 7) is 1.12. The van der Waals surface area contributed by atoms with Gasteiger partial charge >= 0.3 is 5.97 Å². The molecular weight excluding hydrogens is 400 g/mol. The van der Waals surface area contributed by atoms with Crippen LogP contribution in [0.3, 0.4) is 0 Å². The van der Waals surface area contributed by atoms with Crippen molar-refractivity contribution >= 4 is 33.2 Å². The fraction of sp³-hybridized carbons (Fsp3) is 0.368. The van der Waals surface area contributed by atoms with Crippen LogP contribution in [0.25, 0.3) is 0 Å². The van der Waals surface area contributed by atoms with Crippen LogP contribution in [0.2, 0.25) is 0 Å². The van der Waals surface area contributed by atoms with Crippen molar-refractivity contribution in [3.8, 4) is 0 Å². The summed E-state index contributed by atoms with van der Waals surface area (Å²) in [5, 5.41) is 3.88. The number of carbonyl (C=O) groups is 2. The molecule has 3 rings (SSSR count). The van der Waals surface area contributed by atoms with E-state index in [4.69, 9.17) is 4.74 Å². The summed E-state index contributed by atoms with van der Waals surface area (Å²) in [6, 6.07) is 7.54. The number of hydrogen-bond donors (Lipinski definition) is 0. The Morgan fingerprint density at radius 2 is 1.82 bits per heavy atom. The molecule has 1 fully saturated rings. The largest absolute Gasteiger partial charge is 0.452 e. The van der Waals surface area contributed by atoms with E-state index < -0.39 is 16.0 Å². The van der Waals surface area contributed by atoms with Crippen LogP contribution in [-0.4, -0.2) is 56.2 Å². The molecule has 0 unspecified atom stereocenters. The third kappa shape index (κ3) is 4.78. The molecule has 1 aromatic heterocycles. The van der Waals surface area contributed by atoms with Gasteiger partial charge in [0.05, 0.1) is 10.5 Å². The number of benzene rings is 1. The second-order valence-electron chi connectivity index (χ2n) is 6.59. The van der Waals surface area contributed by atoms with Gasteiger partial charge in [-0.05, 0) is 59.5 Å². The van der Waals surface area contributed by atoms with Crippen LogP contribution in [0, 0.1) is 0 Å². The molecule has 1 aromatic carbocycles. The van der Waals surface area contributed by atoms with Gasteiger partial charge in [-0.3, -0.25) is 4.79 Å². The van der Waals surface area contributed by atoms with E-state index in [0.29, 0.717) is 19.6 Å². The summed E-state index contributed by atoms with van der Waals surface area (Å²) < 4.78 is 31.5. The first-order valence-corrected chi connectivity index (χ1v) is 11.3. The Balaban J connectivity index is 1.55. The summed E-state index contributed by atoms with van der Waals surface area (Å²) in [6.07, 6.45) is 1.72. The number of rotatable bonds is 7. The number of hydrogen-bond acceptors (Lipinski definition) is 6. The lowest BCUT2D eigenvalue weighted by Gasteiger charge is -2.17. The number of carbonyl (C=O) groups excluding carboxylic acids is 2. The molecule has 28 heavy (non-hydrogen) atoms. The van der Waals surface area contributed by atoms with Gasteiger partial charge in [0.25, 0.3) is 5.91 Å². The Bertz CT molecular complexity index is 918. The Kier molecular flexibility index (Phi) is 6.48. The number of thiophene rings is 1. The van der Waals surface area contributed by atoms with Crippen molar-refractivity contribution < 1.29 is 22.7 Å². The zero-order chi connectivity index (χ0) is 20.1. The summed E-state index contributed by atoms with van der Waals surface area (Å²) >= 11 is 1.55. The van der Waals surface area contributed by atoms with Gasteiger partial charge in [-0.1, -0.05) is 0 Å². The minimum absolute atomic E-state index is 0.150. The Morgan fingerprint density at radius 3 is 2.43 bits per heavy atom. The number of sulfonamides is 1. The summed E-state index contributed by atoms with van der Waals surface area (Å²) in [7, 11) is -1.88. The van der Waals surface area contributed by atoms with Crippen molar-refractivity contribution in [3.63, 3.8) is 0 Å². The smallest absolute Gasteiger partial charge is 0.338 e. The molecule has 0 radical (unpaired) electrons. The van der Waals surface area contributed by atoms with Crippen LogP contribution in [0.4, 0.5) is 0 Å². The number of ether oxygens (including phenoxy) is 1. The average molecular weight is 423 g/mol. The van der Waals surface area contributed by atoms with Crippen LogP contribution in [0.1, 0.15) is 28.8 Å². The summed E-state index contributed by atoms with van der Waals surface area (Å²) in [5.41, 5.74) is 1.22. The van der Waals surface area contributed by atoms with Gasteiger partial charge in [0.15, 0.2) is 6.61 Å². The van der Waals surface area contributed by atoms with Crippen LogP contribution >= 0.6 is 11.3 Å². The SMILES string of the molecule is CN(Cc1ccsc1)C(=O)COC(=O)c1ccc(S(=O)(=O)N2CCCC2)cc1. The zero-order valence-electron chi connectivity index (χ0n) is 15.5. The highest BCUT2D eigenvalue weighted by atomic mass is 32.2. The quantitative estimate of drug-likeness (QED) is 0.640. The Hall–Kier alpha value is -2.23. The molecule has 1 aliphatic heterocycles. The van der Waals surface area contributed by atoms with Gasteiger partial charge < -0.3 is 9.64 Å². The maximum absolute atomic E-state index is 12.5. The van der Waals surface area contributed by atoms with Gasteiger partial charge in [-0.15, -0.1) is 0 Å². The first-order valence-electron chi connectivity index (χ1n) is 8.90. The highest BCUT2D eigenvalue weighted by Crippen LogP contribution is 2.21. The van der Waals surface area contributed by atoms with Gasteiger partial charge in [-0.2, -0.15) is 15.6 Å². The average Bonchev–Trinajstić information content (AvgIpc) is 3.40. The van der Waals surface area contributed by atoms with Gasteiger partial charge in [-0.25, -0.2) is 13.2 Å². The standard InChI is InChI=1S/C19H22N2O5S2/c1-20(12-15-8-11-27-14-15)18(22)13-26-19(23)16-4-6-17(7-5-16)28(24,25)21-9-2-3-10-21/h4-8,11,14H,2-3,9-10,12-13H2,1H3. The summed E-state index contributed by atoms with van der Waals surface area (Å²) in [4.78, 5) is 25.9. The molecule has 0 bridgehead atoms. The van der Waals surface area contributed by atoms with E-state index >= 15 is 0 Å². The van der Waals surface area contributed by atoms with Gasteiger partial charge in [0.2, 0.25) is 10.0 Å². The van der Waals surface area contributed by atoms with Crippen LogP contribution in [-0.2, 0) is 26.1 Å². The molecule has 7 nitrogen and oxygen atoms in total. The van der Waals surface area contributed by atoms with Crippen molar-refractivity contribution in [2.24, 2.45) is 0 Å². The van der Waals surface area contributed by atoms with E-state index in [2.05, 4.69) is 0 Å². The normalized spacial score (nSPS) is 14.8. The molecule has 2 aromatic rings. The highest BCUT2D eigenvalue weighted by molar-refractivity contribution is 7.89. The second-order valence-corrected chi connectivity index (χ2v) is 9.31. The molecule has 0 spiro atoms. The molecule has 0 saturated carbocycles. The number of amides is 1. The summed E-state index contributed by atoms with van der Waals surface area (Å²) in [5.74, 6) is -0.977. The van der Waals surface area contributed by atoms with E-state index in [1.807, 2.05) is 16.8 Å². The minimum atomic E-state index is -3.52. The molecule has 0 N–H and O–H groups in total. The van der Waals surface area contributed by atoms with Crippen molar-refractivity contribution in [2.75, 3.05) is 26.7 Å². The molecule has 1 amide bonds. The van der Waals surface area contributed by atoms with E-state index in [1.165, 1.54) is 33.5 Å². The highest BCUT2D eigenvalue weighted by Gasteiger charge is 2.27. The molecular formula is C19H22N2O5S2. The second kappa shape index (κ2) is 8.85. The van der Waals surface area contributed by atoms with Gasteiger partial charge in [0.1, 0.15) is 0 Å². The Morgan fingerprint density at radius 1 is 1.14 bits per heavy atom. The monoisotopic (exact) mass is 422 g/mol. The fourth-order valence-corrected chi connectivity index (χ4v) is 5.08. The van der Waals surface area contributed by atoms with Crippen LogP contribution in [0.5, 0.6) is 0 Å². The van der Waals surface area contributed by atoms with Crippen LogP contribution in [0.15, 0.2) is 46.0 Å². The van der Waals surface area contributed by atoms with Crippen molar-refractivity contribution in [1.82, 2.24) is 9.21 Å². The van der Waals surface area contributed by atoms with Crippen LogP contribution < -0.4 is 0 Å². The lowest BCUT2D eigenvalue weighted by molar-refractivity contribution is -0.133. The molecule has 1 aliphatic rings. The topological polar surface area (TPSA) is 84.0 Å². The molecule has 0 aliphatic carbocycles. The lowest BCUT2D eigenvalue weighted by atomic mass is 10.2.